The Morgan fingerprint density at radius 3 is 2.50 bits per heavy atom. The van der Waals surface area contributed by atoms with Gasteiger partial charge in [-0.05, 0) is 61.8 Å². The number of nitrogens with two attached hydrogens (primary N) is 1. The topological polar surface area (TPSA) is 82.7 Å². The molecule has 2 aromatic carbocycles. The summed E-state index contributed by atoms with van der Waals surface area (Å²) in [4.78, 5) is 18.7. The molecule has 2 rings (SSSR count). The van der Waals surface area contributed by atoms with E-state index in [0.29, 0.717) is 30.5 Å². The second-order valence-corrected chi connectivity index (χ2v) is 7.52. The lowest BCUT2D eigenvalue weighted by molar-refractivity contribution is 0.0951. The molecule has 0 radical (unpaired) electrons. The molecule has 0 spiro atoms. The minimum atomic E-state index is -0.0785. The Morgan fingerprint density at radius 2 is 1.87 bits per heavy atom. The van der Waals surface area contributed by atoms with E-state index in [4.69, 9.17) is 5.73 Å². The SMILES string of the molecule is CCC(C)c1ccc(NC(N)=NCc2cccc(C(=O)NCCN(C)C)c2)cc1.I. The van der Waals surface area contributed by atoms with Crippen LogP contribution in [0.2, 0.25) is 0 Å². The summed E-state index contributed by atoms with van der Waals surface area (Å²) in [6.45, 7) is 6.22. The molecular weight excluding hydrogens is 489 g/mol. The lowest BCUT2D eigenvalue weighted by Crippen LogP contribution is -2.31. The molecule has 0 fully saturated rings. The molecule has 0 saturated heterocycles. The van der Waals surface area contributed by atoms with E-state index in [9.17, 15) is 4.79 Å². The van der Waals surface area contributed by atoms with Crippen LogP contribution in [-0.4, -0.2) is 44.0 Å². The summed E-state index contributed by atoms with van der Waals surface area (Å²) in [5.74, 6) is 0.815. The van der Waals surface area contributed by atoms with Gasteiger partial charge in [-0.1, -0.05) is 38.1 Å². The van der Waals surface area contributed by atoms with Gasteiger partial charge in [0.05, 0.1) is 6.54 Å². The monoisotopic (exact) mass is 523 g/mol. The summed E-state index contributed by atoms with van der Waals surface area (Å²) in [5.41, 5.74) is 9.81. The minimum Gasteiger partial charge on any atom is -0.370 e. The first-order valence-corrected chi connectivity index (χ1v) is 10.1. The maximum absolute atomic E-state index is 12.3. The summed E-state index contributed by atoms with van der Waals surface area (Å²) < 4.78 is 0. The second-order valence-electron chi connectivity index (χ2n) is 7.52. The van der Waals surface area contributed by atoms with Crippen LogP contribution >= 0.6 is 24.0 Å². The molecule has 7 heteroatoms. The molecule has 4 N–H and O–H groups in total. The van der Waals surface area contributed by atoms with Crippen LogP contribution in [0, 0.1) is 0 Å². The summed E-state index contributed by atoms with van der Waals surface area (Å²) in [6, 6.07) is 15.7. The zero-order chi connectivity index (χ0) is 21.2. The molecule has 1 amide bonds. The van der Waals surface area contributed by atoms with Crippen LogP contribution in [0.1, 0.15) is 47.7 Å². The van der Waals surface area contributed by atoms with Gasteiger partial charge in [0, 0.05) is 24.3 Å². The zero-order valence-corrected chi connectivity index (χ0v) is 20.6. The molecule has 1 atom stereocenters. The maximum atomic E-state index is 12.3. The van der Waals surface area contributed by atoms with E-state index in [0.717, 1.165) is 24.2 Å². The quantitative estimate of drug-likeness (QED) is 0.263. The number of guanidine groups is 1. The normalized spacial score (nSPS) is 12.2. The summed E-state index contributed by atoms with van der Waals surface area (Å²) in [6.07, 6.45) is 1.11. The molecule has 0 bridgehead atoms. The number of anilines is 1. The van der Waals surface area contributed by atoms with Crippen LogP contribution < -0.4 is 16.4 Å². The molecule has 164 valence electrons. The molecule has 30 heavy (non-hydrogen) atoms. The minimum absolute atomic E-state index is 0. The van der Waals surface area contributed by atoms with Gasteiger partial charge in [-0.3, -0.25) is 4.79 Å². The van der Waals surface area contributed by atoms with Crippen molar-refractivity contribution in [2.45, 2.75) is 32.7 Å². The lowest BCUT2D eigenvalue weighted by Gasteiger charge is -2.11. The van der Waals surface area contributed by atoms with Crippen LogP contribution in [0.25, 0.3) is 0 Å². The third-order valence-corrected chi connectivity index (χ3v) is 4.83. The van der Waals surface area contributed by atoms with E-state index in [1.165, 1.54) is 5.56 Å². The van der Waals surface area contributed by atoms with Crippen molar-refractivity contribution in [2.24, 2.45) is 10.7 Å². The van der Waals surface area contributed by atoms with Gasteiger partial charge in [-0.2, -0.15) is 0 Å². The summed E-state index contributed by atoms with van der Waals surface area (Å²) in [7, 11) is 3.95. The number of halogens is 1. The number of rotatable bonds is 9. The van der Waals surface area contributed by atoms with Crippen molar-refractivity contribution in [3.8, 4) is 0 Å². The number of hydrogen-bond donors (Lipinski definition) is 3. The van der Waals surface area contributed by atoms with E-state index >= 15 is 0 Å². The van der Waals surface area contributed by atoms with Gasteiger partial charge in [0.1, 0.15) is 0 Å². The highest BCUT2D eigenvalue weighted by atomic mass is 127. The number of likely N-dealkylation sites (N-methyl/N-ethyl adjacent to an activating group) is 1. The van der Waals surface area contributed by atoms with Crippen molar-refractivity contribution in [3.63, 3.8) is 0 Å². The van der Waals surface area contributed by atoms with E-state index in [-0.39, 0.29) is 29.9 Å². The standard InChI is InChI=1S/C23H33N5O.HI/c1-5-17(2)19-9-11-21(12-10-19)27-23(24)26-16-18-7-6-8-20(15-18)22(29)25-13-14-28(3)4;/h6-12,15,17H,5,13-14,16H2,1-4H3,(H,25,29)(H3,24,26,27);1H. The van der Waals surface area contributed by atoms with Crippen LogP contribution in [0.5, 0.6) is 0 Å². The Hall–Kier alpha value is -2.13. The third-order valence-electron chi connectivity index (χ3n) is 4.83. The van der Waals surface area contributed by atoms with E-state index in [2.05, 4.69) is 41.6 Å². The third kappa shape index (κ3) is 8.71. The van der Waals surface area contributed by atoms with Crippen LogP contribution in [0.15, 0.2) is 53.5 Å². The first kappa shape index (κ1) is 25.9. The molecule has 0 aliphatic rings. The Kier molecular flexibility index (Phi) is 11.4. The number of aliphatic imine (C=N–C) groups is 1. The van der Waals surface area contributed by atoms with E-state index in [1.807, 2.05) is 49.3 Å². The Bertz CT molecular complexity index is 821. The Labute approximate surface area is 197 Å². The number of hydrogen-bond acceptors (Lipinski definition) is 3. The van der Waals surface area contributed by atoms with Gasteiger partial charge in [-0.25, -0.2) is 4.99 Å². The summed E-state index contributed by atoms with van der Waals surface area (Å²) in [5, 5.41) is 6.03. The zero-order valence-electron chi connectivity index (χ0n) is 18.3. The fourth-order valence-corrected chi connectivity index (χ4v) is 2.80. The highest BCUT2D eigenvalue weighted by Gasteiger charge is 2.06. The molecular formula is C23H34IN5O. The highest BCUT2D eigenvalue weighted by molar-refractivity contribution is 14.0. The van der Waals surface area contributed by atoms with Gasteiger partial charge in [0.15, 0.2) is 5.96 Å². The van der Waals surface area contributed by atoms with Crippen LogP contribution in [0.3, 0.4) is 0 Å². The number of carbonyl (C=O) groups is 1. The van der Waals surface area contributed by atoms with Crippen molar-refractivity contribution in [1.82, 2.24) is 10.2 Å². The van der Waals surface area contributed by atoms with Crippen molar-refractivity contribution >= 4 is 41.5 Å². The smallest absolute Gasteiger partial charge is 0.251 e. The van der Waals surface area contributed by atoms with Gasteiger partial charge < -0.3 is 21.3 Å². The maximum Gasteiger partial charge on any atom is 0.251 e. The highest BCUT2D eigenvalue weighted by Crippen LogP contribution is 2.20. The van der Waals surface area contributed by atoms with E-state index in [1.54, 1.807) is 6.07 Å². The Balaban J connectivity index is 0.00000450. The average molecular weight is 523 g/mol. The predicted molar refractivity (Wildman–Crippen MR) is 137 cm³/mol. The van der Waals surface area contributed by atoms with Gasteiger partial charge >= 0.3 is 0 Å². The van der Waals surface area contributed by atoms with Gasteiger partial charge in [-0.15, -0.1) is 24.0 Å². The molecule has 0 aliphatic heterocycles. The van der Waals surface area contributed by atoms with Gasteiger partial charge in [0.25, 0.3) is 5.91 Å². The largest absolute Gasteiger partial charge is 0.370 e. The van der Waals surface area contributed by atoms with Crippen molar-refractivity contribution in [1.29, 1.82) is 0 Å². The number of benzene rings is 2. The van der Waals surface area contributed by atoms with Crippen molar-refractivity contribution < 1.29 is 4.79 Å². The van der Waals surface area contributed by atoms with Crippen molar-refractivity contribution in [3.05, 3.63) is 65.2 Å². The van der Waals surface area contributed by atoms with Crippen molar-refractivity contribution in [2.75, 3.05) is 32.5 Å². The lowest BCUT2D eigenvalue weighted by atomic mass is 9.99. The predicted octanol–water partition coefficient (Wildman–Crippen LogP) is 4.04. The fraction of sp³-hybridized carbons (Fsp3) is 0.391. The fourth-order valence-electron chi connectivity index (χ4n) is 2.80. The number of amides is 1. The Morgan fingerprint density at radius 1 is 1.17 bits per heavy atom. The average Bonchev–Trinajstić information content (AvgIpc) is 2.72. The first-order valence-electron chi connectivity index (χ1n) is 10.1. The molecule has 2 aromatic rings. The number of nitrogens with zero attached hydrogens (tertiary/aromatic N) is 2. The number of carbonyl (C=O) groups excluding carboxylic acids is 1. The molecule has 0 heterocycles. The molecule has 6 nitrogen and oxygen atoms in total. The van der Waals surface area contributed by atoms with E-state index < -0.39 is 0 Å². The summed E-state index contributed by atoms with van der Waals surface area (Å²) >= 11 is 0. The molecule has 0 saturated carbocycles. The van der Waals surface area contributed by atoms with Crippen LogP contribution in [0.4, 0.5) is 5.69 Å². The first-order chi connectivity index (χ1) is 13.9. The number of nitrogens with one attached hydrogen (secondary N) is 2. The second kappa shape index (κ2) is 13.2. The van der Waals surface area contributed by atoms with Gasteiger partial charge in [0.2, 0.25) is 0 Å². The molecule has 0 aromatic heterocycles. The van der Waals surface area contributed by atoms with Crippen LogP contribution in [-0.2, 0) is 6.54 Å². The molecule has 1 unspecified atom stereocenters. The molecule has 0 aliphatic carbocycles.